The number of carbonyl (C=O) groups is 1. The van der Waals surface area contributed by atoms with Crippen molar-refractivity contribution in [2.75, 3.05) is 23.9 Å². The number of pyridine rings is 1. The fraction of sp³-hybridized carbons (Fsp3) is 0.400. The fourth-order valence-electron chi connectivity index (χ4n) is 3.52. The third kappa shape index (κ3) is 6.01. The van der Waals surface area contributed by atoms with Crippen molar-refractivity contribution in [2.24, 2.45) is 5.92 Å². The van der Waals surface area contributed by atoms with Crippen LogP contribution in [0, 0.1) is 11.7 Å². The predicted octanol–water partition coefficient (Wildman–Crippen LogP) is 4.87. The van der Waals surface area contributed by atoms with Crippen LogP contribution in [0.5, 0.6) is 0 Å². The van der Waals surface area contributed by atoms with Crippen LogP contribution < -0.4 is 15.8 Å². The van der Waals surface area contributed by atoms with Crippen LogP contribution in [0.2, 0.25) is 0 Å². The standard InChI is InChI=1S/C20H19F7N4O/c1-31(10-12-8-14(12)11-2-4-13(21)5-3-11)15-6-7-28-18(17(15)20(25,26)27)30-29-16(32)9-19(22,23)24/h2-7,12,14H,8-10H2,1H3,(H,28,30)(H,29,32). The van der Waals surface area contributed by atoms with Crippen LogP contribution >= 0.6 is 0 Å². The van der Waals surface area contributed by atoms with Crippen molar-refractivity contribution in [3.8, 4) is 0 Å². The van der Waals surface area contributed by atoms with Crippen LogP contribution in [0.25, 0.3) is 0 Å². The Morgan fingerprint density at radius 3 is 2.38 bits per heavy atom. The van der Waals surface area contributed by atoms with Crippen molar-refractivity contribution in [3.63, 3.8) is 0 Å². The minimum absolute atomic E-state index is 0.0441. The lowest BCUT2D eigenvalue weighted by Crippen LogP contribution is -2.34. The van der Waals surface area contributed by atoms with Gasteiger partial charge in [-0.05, 0) is 42.0 Å². The zero-order valence-electron chi connectivity index (χ0n) is 16.7. The van der Waals surface area contributed by atoms with Crippen LogP contribution in [0.4, 0.5) is 42.2 Å². The first-order valence-electron chi connectivity index (χ1n) is 9.49. The zero-order chi connectivity index (χ0) is 23.7. The molecule has 2 unspecified atom stereocenters. The Morgan fingerprint density at radius 2 is 1.78 bits per heavy atom. The summed E-state index contributed by atoms with van der Waals surface area (Å²) in [6.07, 6.45) is -9.77. The number of nitrogens with one attached hydrogen (secondary N) is 2. The maximum Gasteiger partial charge on any atom is 0.422 e. The van der Waals surface area contributed by atoms with Gasteiger partial charge in [0.25, 0.3) is 0 Å². The molecule has 3 rings (SSSR count). The van der Waals surface area contributed by atoms with E-state index in [1.165, 1.54) is 24.1 Å². The summed E-state index contributed by atoms with van der Waals surface area (Å²) in [6.45, 7) is 0.259. The van der Waals surface area contributed by atoms with Crippen LogP contribution in [-0.4, -0.2) is 30.7 Å². The number of hydrogen-bond acceptors (Lipinski definition) is 4. The molecule has 1 aromatic heterocycles. The molecule has 2 aromatic rings. The van der Waals surface area contributed by atoms with E-state index in [4.69, 9.17) is 0 Å². The molecule has 1 fully saturated rings. The topological polar surface area (TPSA) is 57.3 Å². The van der Waals surface area contributed by atoms with Gasteiger partial charge >= 0.3 is 12.4 Å². The molecule has 0 saturated heterocycles. The number of rotatable bonds is 7. The average molecular weight is 464 g/mol. The first-order chi connectivity index (χ1) is 14.8. The maximum absolute atomic E-state index is 13.8. The second-order valence-electron chi connectivity index (χ2n) is 7.55. The van der Waals surface area contributed by atoms with Crippen molar-refractivity contribution < 1.29 is 35.5 Å². The summed E-state index contributed by atoms with van der Waals surface area (Å²) in [5, 5.41) is 0. The van der Waals surface area contributed by atoms with E-state index in [1.807, 2.05) is 5.43 Å². The maximum atomic E-state index is 13.8. The highest BCUT2D eigenvalue weighted by molar-refractivity contribution is 5.78. The summed E-state index contributed by atoms with van der Waals surface area (Å²) < 4.78 is 91.2. The van der Waals surface area contributed by atoms with E-state index in [2.05, 4.69) is 4.98 Å². The van der Waals surface area contributed by atoms with Crippen molar-refractivity contribution in [3.05, 3.63) is 53.5 Å². The smallest absolute Gasteiger partial charge is 0.374 e. The van der Waals surface area contributed by atoms with E-state index < -0.39 is 36.1 Å². The van der Waals surface area contributed by atoms with Gasteiger partial charge in [-0.25, -0.2) is 9.37 Å². The van der Waals surface area contributed by atoms with Crippen molar-refractivity contribution in [2.45, 2.75) is 31.1 Å². The Balaban J connectivity index is 1.74. The minimum atomic E-state index is -4.89. The molecular weight excluding hydrogens is 445 g/mol. The largest absolute Gasteiger partial charge is 0.422 e. The molecule has 32 heavy (non-hydrogen) atoms. The zero-order valence-corrected chi connectivity index (χ0v) is 16.7. The highest BCUT2D eigenvalue weighted by Crippen LogP contribution is 2.49. The Bertz CT molecular complexity index is 960. The molecule has 0 radical (unpaired) electrons. The molecule has 2 N–H and O–H groups in total. The van der Waals surface area contributed by atoms with Gasteiger partial charge in [0.1, 0.15) is 17.8 Å². The van der Waals surface area contributed by atoms with Gasteiger partial charge in [0, 0.05) is 19.8 Å². The number of hydrazine groups is 1. The minimum Gasteiger partial charge on any atom is -0.374 e. The van der Waals surface area contributed by atoms with Gasteiger partial charge < -0.3 is 4.90 Å². The summed E-state index contributed by atoms with van der Waals surface area (Å²) in [4.78, 5) is 16.2. The Labute approximate surface area is 178 Å². The van der Waals surface area contributed by atoms with Gasteiger partial charge in [-0.2, -0.15) is 26.3 Å². The molecule has 174 valence electrons. The second-order valence-corrected chi connectivity index (χ2v) is 7.55. The molecule has 1 aliphatic carbocycles. The second kappa shape index (κ2) is 8.83. The molecule has 0 bridgehead atoms. The van der Waals surface area contributed by atoms with E-state index in [1.54, 1.807) is 17.6 Å². The highest BCUT2D eigenvalue weighted by Gasteiger charge is 2.42. The van der Waals surface area contributed by atoms with Gasteiger partial charge in [-0.3, -0.25) is 15.6 Å². The number of nitrogens with zero attached hydrogens (tertiary/aromatic N) is 2. The summed E-state index contributed by atoms with van der Waals surface area (Å²) in [5.74, 6) is -2.61. The quantitative estimate of drug-likeness (QED) is 0.453. The van der Waals surface area contributed by atoms with Crippen LogP contribution in [-0.2, 0) is 11.0 Å². The molecule has 1 aliphatic rings. The molecule has 1 heterocycles. The van der Waals surface area contributed by atoms with Crippen molar-refractivity contribution in [1.29, 1.82) is 0 Å². The number of amides is 1. The van der Waals surface area contributed by atoms with Crippen LogP contribution in [0.3, 0.4) is 0 Å². The van der Waals surface area contributed by atoms with E-state index in [0.29, 0.717) is 0 Å². The summed E-state index contributed by atoms with van der Waals surface area (Å²) in [5.41, 5.74) is 2.89. The summed E-state index contributed by atoms with van der Waals surface area (Å²) >= 11 is 0. The molecule has 0 spiro atoms. The van der Waals surface area contributed by atoms with E-state index >= 15 is 0 Å². The van der Waals surface area contributed by atoms with Gasteiger partial charge in [0.2, 0.25) is 5.91 Å². The lowest BCUT2D eigenvalue weighted by atomic mass is 10.1. The summed E-state index contributed by atoms with van der Waals surface area (Å²) in [7, 11) is 1.45. The first-order valence-corrected chi connectivity index (χ1v) is 9.49. The Hall–Kier alpha value is -3.05. The number of hydrogen-bond donors (Lipinski definition) is 2. The number of halogens is 7. The number of aromatic nitrogens is 1. The highest BCUT2D eigenvalue weighted by atomic mass is 19.4. The molecule has 1 saturated carbocycles. The first kappa shape index (κ1) is 23.6. The summed E-state index contributed by atoms with van der Waals surface area (Å²) in [6, 6.07) is 7.06. The molecule has 0 aliphatic heterocycles. The van der Waals surface area contributed by atoms with E-state index in [0.717, 1.165) is 24.2 Å². The monoisotopic (exact) mass is 464 g/mol. The molecular formula is C20H19F7N4O. The molecule has 2 atom stereocenters. The Kier molecular flexibility index (Phi) is 6.51. The number of benzene rings is 1. The van der Waals surface area contributed by atoms with Gasteiger partial charge in [-0.15, -0.1) is 0 Å². The third-order valence-corrected chi connectivity index (χ3v) is 5.03. The van der Waals surface area contributed by atoms with Crippen molar-refractivity contribution >= 4 is 17.4 Å². The van der Waals surface area contributed by atoms with Gasteiger partial charge in [0.05, 0.1) is 5.69 Å². The van der Waals surface area contributed by atoms with E-state index in [-0.39, 0.29) is 29.9 Å². The van der Waals surface area contributed by atoms with Gasteiger partial charge in [-0.1, -0.05) is 12.1 Å². The Morgan fingerprint density at radius 1 is 1.12 bits per heavy atom. The van der Waals surface area contributed by atoms with Crippen molar-refractivity contribution in [1.82, 2.24) is 10.4 Å². The van der Waals surface area contributed by atoms with Gasteiger partial charge in [0.15, 0.2) is 5.82 Å². The molecule has 5 nitrogen and oxygen atoms in total. The molecule has 1 amide bonds. The van der Waals surface area contributed by atoms with Crippen LogP contribution in [0.15, 0.2) is 36.5 Å². The SMILES string of the molecule is CN(CC1CC1c1ccc(F)cc1)c1ccnc(NNC(=O)CC(F)(F)F)c1C(F)(F)F. The number of carbonyl (C=O) groups excluding carboxylic acids is 1. The normalized spacial score (nSPS) is 18.2. The van der Waals surface area contributed by atoms with Crippen LogP contribution in [0.1, 0.15) is 29.9 Å². The number of anilines is 2. The molecule has 12 heteroatoms. The predicted molar refractivity (Wildman–Crippen MR) is 102 cm³/mol. The van der Waals surface area contributed by atoms with E-state index in [9.17, 15) is 35.5 Å². The number of alkyl halides is 6. The molecule has 1 aromatic carbocycles. The lowest BCUT2D eigenvalue weighted by molar-refractivity contribution is -0.153. The average Bonchev–Trinajstić information content (AvgIpc) is 3.43. The lowest BCUT2D eigenvalue weighted by Gasteiger charge is -2.25. The fourth-order valence-corrected chi connectivity index (χ4v) is 3.52. The third-order valence-electron chi connectivity index (χ3n) is 5.03.